The maximum atomic E-state index is 11.8. The highest BCUT2D eigenvalue weighted by atomic mass is 35.5. The lowest BCUT2D eigenvalue weighted by atomic mass is 10.00. The van der Waals surface area contributed by atoms with Crippen LogP contribution in [-0.2, 0) is 16.0 Å². The summed E-state index contributed by atoms with van der Waals surface area (Å²) in [5.41, 5.74) is 1.00. The zero-order valence-corrected chi connectivity index (χ0v) is 10.9. The molecule has 0 radical (unpaired) electrons. The van der Waals surface area contributed by atoms with Crippen LogP contribution in [0.15, 0.2) is 30.3 Å². The van der Waals surface area contributed by atoms with Gasteiger partial charge in [-0.25, -0.2) is 0 Å². The molecule has 1 amide bonds. The Morgan fingerprint density at radius 2 is 1.94 bits per heavy atom. The molecular formula is C13H16ClNO3. The van der Waals surface area contributed by atoms with Crippen LogP contribution < -0.4 is 5.32 Å². The predicted octanol–water partition coefficient (Wildman–Crippen LogP) is 1.67. The Hall–Kier alpha value is -1.55. The highest BCUT2D eigenvalue weighted by Crippen LogP contribution is 2.11. The molecule has 1 rings (SSSR count). The Morgan fingerprint density at radius 3 is 2.44 bits per heavy atom. The van der Waals surface area contributed by atoms with Crippen molar-refractivity contribution in [3.8, 4) is 0 Å². The van der Waals surface area contributed by atoms with Gasteiger partial charge in [0.1, 0.15) is 6.04 Å². The summed E-state index contributed by atoms with van der Waals surface area (Å²) in [6, 6.07) is 8.59. The summed E-state index contributed by atoms with van der Waals surface area (Å²) in [5.74, 6) is -1.65. The minimum absolute atomic E-state index is 0.160. The summed E-state index contributed by atoms with van der Waals surface area (Å²) < 4.78 is 0. The van der Waals surface area contributed by atoms with E-state index in [4.69, 9.17) is 16.7 Å². The first-order valence-corrected chi connectivity index (χ1v) is 6.21. The van der Waals surface area contributed by atoms with Gasteiger partial charge >= 0.3 is 5.97 Å². The fraction of sp³-hybridized carbons (Fsp3) is 0.385. The summed E-state index contributed by atoms with van der Waals surface area (Å²) in [7, 11) is 0. The number of carbonyl (C=O) groups excluding carboxylic acids is 1. The van der Waals surface area contributed by atoms with Crippen molar-refractivity contribution < 1.29 is 14.7 Å². The van der Waals surface area contributed by atoms with E-state index in [1.54, 1.807) is 0 Å². The van der Waals surface area contributed by atoms with Gasteiger partial charge in [0, 0.05) is 5.88 Å². The number of nitrogens with one attached hydrogen (secondary N) is 1. The second kappa shape index (κ2) is 7.01. The van der Waals surface area contributed by atoms with Crippen LogP contribution in [0.2, 0.25) is 0 Å². The van der Waals surface area contributed by atoms with E-state index in [0.717, 1.165) is 5.56 Å². The average molecular weight is 270 g/mol. The van der Waals surface area contributed by atoms with Gasteiger partial charge in [-0.1, -0.05) is 30.3 Å². The minimum atomic E-state index is -1.06. The van der Waals surface area contributed by atoms with Crippen LogP contribution in [0.4, 0.5) is 0 Å². The normalized spacial score (nSPS) is 13.7. The van der Waals surface area contributed by atoms with Crippen LogP contribution in [0, 0.1) is 5.92 Å². The van der Waals surface area contributed by atoms with Gasteiger partial charge in [-0.2, -0.15) is 0 Å². The van der Waals surface area contributed by atoms with Gasteiger partial charge in [0.2, 0.25) is 5.91 Å². The van der Waals surface area contributed by atoms with E-state index < -0.39 is 17.9 Å². The van der Waals surface area contributed by atoms with E-state index in [2.05, 4.69) is 5.32 Å². The van der Waals surface area contributed by atoms with Gasteiger partial charge in [-0.15, -0.1) is 11.6 Å². The Kier molecular flexibility index (Phi) is 5.65. The van der Waals surface area contributed by atoms with Crippen LogP contribution in [0.25, 0.3) is 0 Å². The molecule has 2 atom stereocenters. The quantitative estimate of drug-likeness (QED) is 0.772. The van der Waals surface area contributed by atoms with Crippen molar-refractivity contribution >= 4 is 23.5 Å². The standard InChI is InChI=1S/C13H16ClNO3/c1-9(13(17)18)15-12(16)11(8-14)7-10-5-3-2-4-6-10/h2-6,9,11H,7-8H2,1H3,(H,15,16)(H,17,18)/t9?,11-/m1/s1. The molecule has 2 N–H and O–H groups in total. The molecule has 0 aromatic heterocycles. The van der Waals surface area contributed by atoms with Crippen molar-refractivity contribution in [2.45, 2.75) is 19.4 Å². The zero-order valence-electron chi connectivity index (χ0n) is 10.1. The van der Waals surface area contributed by atoms with E-state index in [0.29, 0.717) is 6.42 Å². The second-order valence-electron chi connectivity index (χ2n) is 4.11. The number of carboxylic acids is 1. The zero-order chi connectivity index (χ0) is 13.5. The number of benzene rings is 1. The average Bonchev–Trinajstić information content (AvgIpc) is 2.36. The number of alkyl halides is 1. The third-order valence-corrected chi connectivity index (χ3v) is 2.98. The summed E-state index contributed by atoms with van der Waals surface area (Å²) in [6.45, 7) is 1.42. The smallest absolute Gasteiger partial charge is 0.325 e. The molecule has 5 heteroatoms. The highest BCUT2D eigenvalue weighted by molar-refractivity contribution is 6.19. The van der Waals surface area contributed by atoms with Crippen LogP contribution in [0.5, 0.6) is 0 Å². The molecule has 4 nitrogen and oxygen atoms in total. The van der Waals surface area contributed by atoms with Crippen molar-refractivity contribution in [1.82, 2.24) is 5.32 Å². The maximum Gasteiger partial charge on any atom is 0.325 e. The topological polar surface area (TPSA) is 66.4 Å². The molecule has 0 spiro atoms. The Balaban J connectivity index is 2.61. The summed E-state index contributed by atoms with van der Waals surface area (Å²) in [4.78, 5) is 22.5. The summed E-state index contributed by atoms with van der Waals surface area (Å²) >= 11 is 5.77. The molecule has 0 aliphatic carbocycles. The Labute approximate surface area is 111 Å². The van der Waals surface area contributed by atoms with E-state index in [-0.39, 0.29) is 11.8 Å². The van der Waals surface area contributed by atoms with Gasteiger partial charge in [0.05, 0.1) is 5.92 Å². The number of amides is 1. The van der Waals surface area contributed by atoms with Gasteiger partial charge in [-0.3, -0.25) is 9.59 Å². The summed E-state index contributed by atoms with van der Waals surface area (Å²) in [5, 5.41) is 11.2. The number of aliphatic carboxylic acids is 1. The molecular weight excluding hydrogens is 254 g/mol. The minimum Gasteiger partial charge on any atom is -0.480 e. The number of hydrogen-bond donors (Lipinski definition) is 2. The third kappa shape index (κ3) is 4.37. The fourth-order valence-corrected chi connectivity index (χ4v) is 1.76. The van der Waals surface area contributed by atoms with Gasteiger partial charge in [-0.05, 0) is 18.9 Å². The first kappa shape index (κ1) is 14.5. The third-order valence-electron chi connectivity index (χ3n) is 2.61. The molecule has 0 heterocycles. The van der Waals surface area contributed by atoms with Crippen molar-refractivity contribution in [3.63, 3.8) is 0 Å². The molecule has 0 aliphatic rings. The molecule has 0 bridgehead atoms. The van der Waals surface area contributed by atoms with E-state index in [9.17, 15) is 9.59 Å². The molecule has 0 fully saturated rings. The SMILES string of the molecule is CC(NC(=O)[C@@H](CCl)Cc1ccccc1)C(=O)O. The lowest BCUT2D eigenvalue weighted by Gasteiger charge is -2.16. The molecule has 0 saturated heterocycles. The largest absolute Gasteiger partial charge is 0.480 e. The monoisotopic (exact) mass is 269 g/mol. The van der Waals surface area contributed by atoms with Crippen molar-refractivity contribution in [1.29, 1.82) is 0 Å². The second-order valence-corrected chi connectivity index (χ2v) is 4.42. The van der Waals surface area contributed by atoms with Gasteiger partial charge < -0.3 is 10.4 Å². The van der Waals surface area contributed by atoms with Crippen LogP contribution in [0.3, 0.4) is 0 Å². The van der Waals surface area contributed by atoms with E-state index in [1.807, 2.05) is 30.3 Å². The van der Waals surface area contributed by atoms with E-state index >= 15 is 0 Å². The van der Waals surface area contributed by atoms with Crippen LogP contribution in [0.1, 0.15) is 12.5 Å². The van der Waals surface area contributed by atoms with Gasteiger partial charge in [0.25, 0.3) is 0 Å². The van der Waals surface area contributed by atoms with Crippen LogP contribution in [-0.4, -0.2) is 28.9 Å². The molecule has 1 aromatic carbocycles. The number of carbonyl (C=O) groups is 2. The number of carboxylic acid groups (broad SMARTS) is 1. The lowest BCUT2D eigenvalue weighted by Crippen LogP contribution is -2.42. The number of halogens is 1. The lowest BCUT2D eigenvalue weighted by molar-refractivity contribution is -0.141. The predicted molar refractivity (Wildman–Crippen MR) is 69.6 cm³/mol. The first-order chi connectivity index (χ1) is 8.54. The molecule has 0 saturated carbocycles. The van der Waals surface area contributed by atoms with Crippen molar-refractivity contribution in [2.75, 3.05) is 5.88 Å². The summed E-state index contributed by atoms with van der Waals surface area (Å²) in [6.07, 6.45) is 0.502. The number of hydrogen-bond acceptors (Lipinski definition) is 2. The van der Waals surface area contributed by atoms with Crippen LogP contribution >= 0.6 is 11.6 Å². The van der Waals surface area contributed by atoms with Crippen molar-refractivity contribution in [3.05, 3.63) is 35.9 Å². The maximum absolute atomic E-state index is 11.8. The molecule has 18 heavy (non-hydrogen) atoms. The van der Waals surface area contributed by atoms with Gasteiger partial charge in [0.15, 0.2) is 0 Å². The Bertz CT molecular complexity index is 408. The van der Waals surface area contributed by atoms with Crippen molar-refractivity contribution in [2.24, 2.45) is 5.92 Å². The highest BCUT2D eigenvalue weighted by Gasteiger charge is 2.21. The molecule has 98 valence electrons. The fourth-order valence-electron chi connectivity index (χ4n) is 1.51. The molecule has 1 aromatic rings. The number of rotatable bonds is 6. The molecule has 0 aliphatic heterocycles. The van der Waals surface area contributed by atoms with E-state index in [1.165, 1.54) is 6.92 Å². The first-order valence-electron chi connectivity index (χ1n) is 5.67. The molecule has 1 unspecified atom stereocenters. The Morgan fingerprint density at radius 1 is 1.33 bits per heavy atom.